The molecule has 1 heterocycles. The van der Waals surface area contributed by atoms with Crippen molar-refractivity contribution in [2.24, 2.45) is 0 Å². The van der Waals surface area contributed by atoms with Crippen LogP contribution in [0.2, 0.25) is 0 Å². The molecule has 0 saturated carbocycles. The second kappa shape index (κ2) is 7.64. The highest BCUT2D eigenvalue weighted by atomic mass is 16.6. The zero-order chi connectivity index (χ0) is 15.1. The Labute approximate surface area is 123 Å². The molecule has 1 aromatic carbocycles. The number of rotatable bonds is 4. The number of ether oxygens (including phenoxy) is 1. The van der Waals surface area contributed by atoms with Crippen molar-refractivity contribution >= 4 is 12.0 Å². The summed E-state index contributed by atoms with van der Waals surface area (Å²) in [5, 5.41) is 8.75. The van der Waals surface area contributed by atoms with Crippen LogP contribution in [-0.2, 0) is 16.1 Å². The maximum Gasteiger partial charge on any atom is 0.410 e. The molecule has 1 fully saturated rings. The van der Waals surface area contributed by atoms with Gasteiger partial charge < -0.3 is 19.6 Å². The number of carbonyl (C=O) groups excluding carboxylic acids is 2. The molecule has 21 heavy (non-hydrogen) atoms. The Hall–Kier alpha value is -2.08. The van der Waals surface area contributed by atoms with Crippen molar-refractivity contribution in [3.05, 3.63) is 35.9 Å². The van der Waals surface area contributed by atoms with Crippen LogP contribution in [0.1, 0.15) is 12.0 Å². The first-order valence-corrected chi connectivity index (χ1v) is 7.05. The third-order valence-electron chi connectivity index (χ3n) is 3.42. The van der Waals surface area contributed by atoms with E-state index in [1.807, 2.05) is 30.3 Å². The minimum atomic E-state index is -0.354. The molecular weight excluding hydrogens is 272 g/mol. The molecule has 6 nitrogen and oxygen atoms in total. The van der Waals surface area contributed by atoms with E-state index in [0.29, 0.717) is 26.2 Å². The van der Waals surface area contributed by atoms with Crippen molar-refractivity contribution in [3.8, 4) is 0 Å². The Bertz CT molecular complexity index is 470. The molecule has 0 bridgehead atoms. The van der Waals surface area contributed by atoms with Gasteiger partial charge in [0.15, 0.2) is 0 Å². The van der Waals surface area contributed by atoms with Gasteiger partial charge in [0.1, 0.15) is 6.61 Å². The Kier molecular flexibility index (Phi) is 5.57. The predicted molar refractivity (Wildman–Crippen MR) is 76.5 cm³/mol. The number of benzene rings is 1. The minimum Gasteiger partial charge on any atom is -0.445 e. The van der Waals surface area contributed by atoms with Crippen molar-refractivity contribution in [2.75, 3.05) is 32.8 Å². The fourth-order valence-corrected chi connectivity index (χ4v) is 2.20. The van der Waals surface area contributed by atoms with Crippen LogP contribution in [0.5, 0.6) is 0 Å². The van der Waals surface area contributed by atoms with Crippen molar-refractivity contribution in [3.63, 3.8) is 0 Å². The molecular formula is C15H20N2O4. The maximum absolute atomic E-state index is 11.9. The molecule has 2 rings (SSSR count). The summed E-state index contributed by atoms with van der Waals surface area (Å²) in [6.07, 6.45) is -0.216. The second-order valence-electron chi connectivity index (χ2n) is 4.88. The molecule has 0 atom stereocenters. The molecule has 0 aromatic heterocycles. The molecule has 1 aliphatic rings. The number of aliphatic hydroxyl groups excluding tert-OH is 1. The van der Waals surface area contributed by atoms with Crippen LogP contribution in [0.3, 0.4) is 0 Å². The molecule has 0 aliphatic carbocycles. The van der Waals surface area contributed by atoms with E-state index in [1.54, 1.807) is 9.80 Å². The highest BCUT2D eigenvalue weighted by Crippen LogP contribution is 2.07. The van der Waals surface area contributed by atoms with Gasteiger partial charge >= 0.3 is 6.09 Å². The quantitative estimate of drug-likeness (QED) is 0.893. The molecule has 0 radical (unpaired) electrons. The lowest BCUT2D eigenvalue weighted by molar-refractivity contribution is -0.133. The molecule has 1 saturated heterocycles. The normalized spacial score (nSPS) is 14.9. The lowest BCUT2D eigenvalue weighted by atomic mass is 10.2. The first-order valence-electron chi connectivity index (χ1n) is 7.05. The van der Waals surface area contributed by atoms with Crippen molar-refractivity contribution in [1.29, 1.82) is 0 Å². The van der Waals surface area contributed by atoms with Crippen LogP contribution in [0, 0.1) is 0 Å². The number of piperazine rings is 1. The number of hydrogen-bond donors (Lipinski definition) is 1. The number of aliphatic hydroxyl groups is 1. The molecule has 114 valence electrons. The van der Waals surface area contributed by atoms with E-state index < -0.39 is 0 Å². The summed E-state index contributed by atoms with van der Waals surface area (Å²) in [4.78, 5) is 26.8. The smallest absolute Gasteiger partial charge is 0.410 e. The highest BCUT2D eigenvalue weighted by molar-refractivity contribution is 5.76. The molecule has 1 aliphatic heterocycles. The van der Waals surface area contributed by atoms with Crippen LogP contribution in [-0.4, -0.2) is 59.7 Å². The van der Waals surface area contributed by atoms with Crippen LogP contribution in [0.15, 0.2) is 30.3 Å². The third kappa shape index (κ3) is 4.46. The van der Waals surface area contributed by atoms with Gasteiger partial charge in [-0.2, -0.15) is 0 Å². The van der Waals surface area contributed by atoms with E-state index in [2.05, 4.69) is 0 Å². The molecule has 6 heteroatoms. The highest BCUT2D eigenvalue weighted by Gasteiger charge is 2.24. The zero-order valence-electron chi connectivity index (χ0n) is 11.9. The standard InChI is InChI=1S/C15H20N2O4/c18-11-6-14(19)16-7-9-17(10-8-16)15(20)21-12-13-4-2-1-3-5-13/h1-5,18H,6-12H2. The van der Waals surface area contributed by atoms with E-state index in [9.17, 15) is 9.59 Å². The summed E-state index contributed by atoms with van der Waals surface area (Å²) in [6.45, 7) is 2.01. The summed E-state index contributed by atoms with van der Waals surface area (Å²) in [6, 6.07) is 9.51. The van der Waals surface area contributed by atoms with E-state index >= 15 is 0 Å². The zero-order valence-corrected chi connectivity index (χ0v) is 11.9. The van der Waals surface area contributed by atoms with E-state index in [0.717, 1.165) is 5.56 Å². The summed E-state index contributed by atoms with van der Waals surface area (Å²) in [5.74, 6) is -0.0743. The van der Waals surface area contributed by atoms with Gasteiger partial charge in [0.25, 0.3) is 0 Å². The van der Waals surface area contributed by atoms with Gasteiger partial charge in [0.2, 0.25) is 5.91 Å². The van der Waals surface area contributed by atoms with Crippen molar-refractivity contribution in [2.45, 2.75) is 13.0 Å². The lowest BCUT2D eigenvalue weighted by Crippen LogP contribution is -2.50. The number of carbonyl (C=O) groups is 2. The summed E-state index contributed by atoms with van der Waals surface area (Å²) in [5.41, 5.74) is 0.947. The lowest BCUT2D eigenvalue weighted by Gasteiger charge is -2.34. The van der Waals surface area contributed by atoms with Gasteiger partial charge in [-0.25, -0.2) is 4.79 Å². The average molecular weight is 292 g/mol. The van der Waals surface area contributed by atoms with Gasteiger partial charge in [0.05, 0.1) is 6.61 Å². The molecule has 0 spiro atoms. The maximum atomic E-state index is 11.9. The van der Waals surface area contributed by atoms with Gasteiger partial charge in [-0.3, -0.25) is 4.79 Å². The Balaban J connectivity index is 1.74. The van der Waals surface area contributed by atoms with Gasteiger partial charge in [-0.05, 0) is 5.56 Å². The van der Waals surface area contributed by atoms with Crippen molar-refractivity contribution < 1.29 is 19.4 Å². The number of amides is 2. The van der Waals surface area contributed by atoms with E-state index in [1.165, 1.54) is 0 Å². The van der Waals surface area contributed by atoms with Gasteiger partial charge in [0, 0.05) is 32.6 Å². The Morgan fingerprint density at radius 1 is 1.05 bits per heavy atom. The molecule has 1 N–H and O–H groups in total. The topological polar surface area (TPSA) is 70.1 Å². The second-order valence-corrected chi connectivity index (χ2v) is 4.88. The van der Waals surface area contributed by atoms with Gasteiger partial charge in [-0.1, -0.05) is 30.3 Å². The largest absolute Gasteiger partial charge is 0.445 e. The molecule has 2 amide bonds. The SMILES string of the molecule is O=C(CCO)N1CCN(C(=O)OCc2ccccc2)CC1. The van der Waals surface area contributed by atoms with Crippen LogP contribution in [0.4, 0.5) is 4.79 Å². The molecule has 1 aromatic rings. The van der Waals surface area contributed by atoms with Crippen LogP contribution < -0.4 is 0 Å². The Morgan fingerprint density at radius 2 is 1.67 bits per heavy atom. The van der Waals surface area contributed by atoms with Crippen molar-refractivity contribution in [1.82, 2.24) is 9.80 Å². The summed E-state index contributed by atoms with van der Waals surface area (Å²) in [7, 11) is 0. The Morgan fingerprint density at radius 3 is 2.29 bits per heavy atom. The van der Waals surface area contributed by atoms with Gasteiger partial charge in [-0.15, -0.1) is 0 Å². The van der Waals surface area contributed by atoms with Crippen LogP contribution >= 0.6 is 0 Å². The fraction of sp³-hybridized carbons (Fsp3) is 0.467. The van der Waals surface area contributed by atoms with Crippen LogP contribution in [0.25, 0.3) is 0 Å². The molecule has 0 unspecified atom stereocenters. The monoisotopic (exact) mass is 292 g/mol. The average Bonchev–Trinajstić information content (AvgIpc) is 2.54. The number of hydrogen-bond acceptors (Lipinski definition) is 4. The first-order chi connectivity index (χ1) is 10.2. The van der Waals surface area contributed by atoms with E-state index in [-0.39, 0.29) is 31.6 Å². The minimum absolute atomic E-state index is 0.0743. The van der Waals surface area contributed by atoms with E-state index in [4.69, 9.17) is 9.84 Å². The number of nitrogens with zero attached hydrogens (tertiary/aromatic N) is 2. The predicted octanol–water partition coefficient (Wildman–Crippen LogP) is 0.850. The fourth-order valence-electron chi connectivity index (χ4n) is 2.20. The summed E-state index contributed by atoms with van der Waals surface area (Å²) < 4.78 is 5.25. The first kappa shape index (κ1) is 15.3. The third-order valence-corrected chi connectivity index (χ3v) is 3.42. The summed E-state index contributed by atoms with van der Waals surface area (Å²) >= 11 is 0.